The summed E-state index contributed by atoms with van der Waals surface area (Å²) >= 11 is 0. The van der Waals surface area contributed by atoms with E-state index in [4.69, 9.17) is 5.11 Å². The second-order valence-corrected chi connectivity index (χ2v) is 3.75. The Morgan fingerprint density at radius 2 is 1.09 bits per heavy atom. The second-order valence-electron chi connectivity index (χ2n) is 3.75. The molecule has 0 saturated heterocycles. The van der Waals surface area contributed by atoms with Crippen LogP contribution in [0.3, 0.4) is 0 Å². The first kappa shape index (κ1) is 20.5. The van der Waals surface area contributed by atoms with Crippen LogP contribution in [0, 0.1) is 0 Å². The van der Waals surface area contributed by atoms with E-state index in [0.29, 0.717) is 0 Å². The molecule has 0 aromatic carbocycles. The number of ketones is 2. The molecule has 0 amide bonds. The van der Waals surface area contributed by atoms with Gasteiger partial charge in [-0.15, -0.1) is 0 Å². The van der Waals surface area contributed by atoms with E-state index >= 15 is 0 Å². The van der Waals surface area contributed by atoms with Gasteiger partial charge in [0.15, 0.2) is 0 Å². The van der Waals surface area contributed by atoms with Crippen molar-refractivity contribution < 1.29 is 63.0 Å². The van der Waals surface area contributed by atoms with Crippen LogP contribution < -0.4 is 0 Å². The first-order valence-electron chi connectivity index (χ1n) is 4.66. The van der Waals surface area contributed by atoms with Crippen LogP contribution in [-0.4, -0.2) is 53.1 Å². The molecular formula is C8H3F11O3. The first-order valence-corrected chi connectivity index (χ1v) is 4.66. The number of rotatable bonds is 5. The molecule has 1 unspecified atom stereocenters. The standard InChI is InChI=1S/C8H3F11O3/c9-4(10,1-20)2(21)5(11,8(17,18)19)6(12,13)3(22)7(14,15)16/h20H,1H2. The maximum Gasteiger partial charge on any atom is 0.456 e. The molecule has 3 nitrogen and oxygen atoms in total. The summed E-state index contributed by atoms with van der Waals surface area (Å²) < 4.78 is 137. The third-order valence-corrected chi connectivity index (χ3v) is 2.21. The molecular weight excluding hydrogens is 353 g/mol. The summed E-state index contributed by atoms with van der Waals surface area (Å²) in [5.41, 5.74) is -7.20. The van der Waals surface area contributed by atoms with Crippen molar-refractivity contribution in [3.05, 3.63) is 0 Å². The number of alkyl halides is 11. The van der Waals surface area contributed by atoms with E-state index in [1.807, 2.05) is 0 Å². The number of halogens is 11. The third-order valence-electron chi connectivity index (χ3n) is 2.21. The van der Waals surface area contributed by atoms with Crippen molar-refractivity contribution in [3.63, 3.8) is 0 Å². The maximum atomic E-state index is 13.4. The van der Waals surface area contributed by atoms with Gasteiger partial charge in [-0.1, -0.05) is 0 Å². The van der Waals surface area contributed by atoms with E-state index < -0.39 is 48.0 Å². The van der Waals surface area contributed by atoms with Crippen molar-refractivity contribution in [3.8, 4) is 0 Å². The normalized spacial score (nSPS) is 17.1. The van der Waals surface area contributed by atoms with Gasteiger partial charge in [-0.2, -0.15) is 43.9 Å². The van der Waals surface area contributed by atoms with Gasteiger partial charge in [0.2, 0.25) is 0 Å². The fraction of sp³-hybridized carbons (Fsp3) is 0.750. The van der Waals surface area contributed by atoms with E-state index in [-0.39, 0.29) is 0 Å². The van der Waals surface area contributed by atoms with Crippen molar-refractivity contribution >= 4 is 11.6 Å². The largest absolute Gasteiger partial charge is 0.456 e. The molecule has 0 aromatic rings. The van der Waals surface area contributed by atoms with Crippen LogP contribution in [0.5, 0.6) is 0 Å². The molecule has 0 aromatic heterocycles. The maximum absolute atomic E-state index is 13.4. The second kappa shape index (κ2) is 5.31. The zero-order chi connectivity index (χ0) is 18.4. The molecule has 0 aliphatic carbocycles. The van der Waals surface area contributed by atoms with E-state index in [2.05, 4.69) is 0 Å². The van der Waals surface area contributed by atoms with Crippen molar-refractivity contribution in [1.82, 2.24) is 0 Å². The summed E-state index contributed by atoms with van der Waals surface area (Å²) in [6.07, 6.45) is -14.1. The van der Waals surface area contributed by atoms with Crippen LogP contribution in [0.4, 0.5) is 48.3 Å². The molecule has 0 aliphatic rings. The number of carbonyl (C=O) groups is 2. The van der Waals surface area contributed by atoms with Gasteiger partial charge >= 0.3 is 35.6 Å². The van der Waals surface area contributed by atoms with Gasteiger partial charge in [0.05, 0.1) is 0 Å². The highest BCUT2D eigenvalue weighted by Gasteiger charge is 2.83. The Bertz CT molecular complexity index is 463. The molecule has 0 rings (SSSR count). The fourth-order valence-electron chi connectivity index (χ4n) is 1.11. The fourth-order valence-corrected chi connectivity index (χ4v) is 1.11. The number of aliphatic hydroxyl groups is 1. The zero-order valence-electron chi connectivity index (χ0n) is 9.63. The van der Waals surface area contributed by atoms with E-state index in [9.17, 15) is 57.9 Å². The molecule has 1 N–H and O–H groups in total. The minimum Gasteiger partial charge on any atom is -0.390 e. The van der Waals surface area contributed by atoms with Gasteiger partial charge in [-0.05, 0) is 0 Å². The SMILES string of the molecule is O=C(C(F)(F)F)C(F)(F)C(F)(C(=O)C(F)(F)CO)C(F)(F)F. The number of hydrogen-bond donors (Lipinski definition) is 1. The smallest absolute Gasteiger partial charge is 0.390 e. The summed E-state index contributed by atoms with van der Waals surface area (Å²) in [5.74, 6) is -22.2. The van der Waals surface area contributed by atoms with Crippen LogP contribution in [-0.2, 0) is 9.59 Å². The van der Waals surface area contributed by atoms with E-state index in [0.717, 1.165) is 0 Å². The molecule has 0 saturated carbocycles. The lowest BCUT2D eigenvalue weighted by Gasteiger charge is -2.34. The Hall–Kier alpha value is -1.47. The molecule has 0 spiro atoms. The van der Waals surface area contributed by atoms with Gasteiger partial charge in [0.25, 0.3) is 5.78 Å². The predicted octanol–water partition coefficient (Wildman–Crippen LogP) is 2.22. The van der Waals surface area contributed by atoms with Crippen LogP contribution >= 0.6 is 0 Å². The predicted molar refractivity (Wildman–Crippen MR) is 42.9 cm³/mol. The summed E-state index contributed by atoms with van der Waals surface area (Å²) in [5, 5.41) is 7.90. The lowest BCUT2D eigenvalue weighted by atomic mass is 9.85. The topological polar surface area (TPSA) is 54.4 Å². The Kier molecular flexibility index (Phi) is 4.96. The van der Waals surface area contributed by atoms with Crippen molar-refractivity contribution in [2.45, 2.75) is 29.9 Å². The molecule has 1 atom stereocenters. The average Bonchev–Trinajstić information content (AvgIpc) is 2.32. The number of carbonyl (C=O) groups excluding carboxylic acids is 2. The quantitative estimate of drug-likeness (QED) is 0.769. The highest BCUT2D eigenvalue weighted by molar-refractivity contribution is 6.03. The van der Waals surface area contributed by atoms with Crippen molar-refractivity contribution in [2.24, 2.45) is 0 Å². The zero-order valence-corrected chi connectivity index (χ0v) is 9.63. The van der Waals surface area contributed by atoms with Crippen LogP contribution in [0.15, 0.2) is 0 Å². The lowest BCUT2D eigenvalue weighted by Crippen LogP contribution is -2.69. The van der Waals surface area contributed by atoms with Gasteiger partial charge in [-0.3, -0.25) is 9.59 Å². The third kappa shape index (κ3) is 3.01. The lowest BCUT2D eigenvalue weighted by molar-refractivity contribution is -0.295. The Balaban J connectivity index is 6.40. The van der Waals surface area contributed by atoms with Gasteiger partial charge < -0.3 is 5.11 Å². The molecule has 130 valence electrons. The number of hydrogen-bond acceptors (Lipinski definition) is 3. The van der Waals surface area contributed by atoms with Crippen molar-refractivity contribution in [1.29, 1.82) is 0 Å². The molecule has 0 radical (unpaired) electrons. The van der Waals surface area contributed by atoms with Crippen molar-refractivity contribution in [2.75, 3.05) is 6.61 Å². The number of aliphatic hydroxyl groups excluding tert-OH is 1. The Morgan fingerprint density at radius 3 is 1.32 bits per heavy atom. The average molecular weight is 356 g/mol. The highest BCUT2D eigenvalue weighted by Crippen LogP contribution is 2.50. The monoisotopic (exact) mass is 356 g/mol. The molecule has 0 bridgehead atoms. The van der Waals surface area contributed by atoms with Gasteiger partial charge in [0.1, 0.15) is 6.61 Å². The highest BCUT2D eigenvalue weighted by atomic mass is 19.4. The molecule has 22 heavy (non-hydrogen) atoms. The van der Waals surface area contributed by atoms with E-state index in [1.54, 1.807) is 0 Å². The molecule has 0 aliphatic heterocycles. The Labute approximate surface area is 112 Å². The summed E-state index contributed by atoms with van der Waals surface area (Å²) in [6.45, 7) is -2.91. The minimum absolute atomic E-state index is 2.91. The summed E-state index contributed by atoms with van der Waals surface area (Å²) in [7, 11) is 0. The van der Waals surface area contributed by atoms with Crippen LogP contribution in [0.1, 0.15) is 0 Å². The summed E-state index contributed by atoms with van der Waals surface area (Å²) in [4.78, 5) is 20.9. The Morgan fingerprint density at radius 1 is 0.727 bits per heavy atom. The molecule has 0 heterocycles. The van der Waals surface area contributed by atoms with Gasteiger partial charge in [-0.25, -0.2) is 4.39 Å². The summed E-state index contributed by atoms with van der Waals surface area (Å²) in [6, 6.07) is 0. The number of Topliss-reactive ketones (excluding diaryl/α,β-unsaturated/α-hetero) is 2. The molecule has 0 fully saturated rings. The van der Waals surface area contributed by atoms with Crippen LogP contribution in [0.2, 0.25) is 0 Å². The van der Waals surface area contributed by atoms with E-state index in [1.165, 1.54) is 0 Å². The molecule has 14 heteroatoms. The first-order chi connectivity index (χ1) is 9.37. The van der Waals surface area contributed by atoms with Crippen LogP contribution in [0.25, 0.3) is 0 Å². The minimum atomic E-state index is -7.31. The van der Waals surface area contributed by atoms with Gasteiger partial charge in [0, 0.05) is 0 Å².